The number of carbonyl (C=O) groups is 1. The number of benzene rings is 2. The van der Waals surface area contributed by atoms with Crippen molar-refractivity contribution in [2.24, 2.45) is 0 Å². The van der Waals surface area contributed by atoms with Crippen molar-refractivity contribution in [2.45, 2.75) is 0 Å². The van der Waals surface area contributed by atoms with Crippen LogP contribution >= 0.6 is 23.2 Å². The molecule has 0 heterocycles. The molecule has 116 valence electrons. The zero-order chi connectivity index (χ0) is 16.1. The summed E-state index contributed by atoms with van der Waals surface area (Å²) in [5.74, 6) is 1.39. The molecule has 0 aliphatic carbocycles. The Morgan fingerprint density at radius 2 is 1.23 bits per heavy atom. The molecule has 0 aliphatic rings. The third kappa shape index (κ3) is 3.96. The topological polar surface area (TPSA) is 54.0 Å². The van der Waals surface area contributed by atoms with Gasteiger partial charge in [0.2, 0.25) is 0 Å². The molecule has 22 heavy (non-hydrogen) atoms. The van der Waals surface area contributed by atoms with Crippen LogP contribution < -0.4 is 18.9 Å². The summed E-state index contributed by atoms with van der Waals surface area (Å²) in [5.41, 5.74) is 0. The molecule has 2 aromatic carbocycles. The monoisotopic (exact) mass is 342 g/mol. The van der Waals surface area contributed by atoms with Crippen molar-refractivity contribution >= 4 is 29.4 Å². The third-order valence-corrected chi connectivity index (χ3v) is 3.26. The highest BCUT2D eigenvalue weighted by Gasteiger charge is 2.14. The summed E-state index contributed by atoms with van der Waals surface area (Å²) in [6.07, 6.45) is -0.959. The lowest BCUT2D eigenvalue weighted by atomic mass is 10.3. The number of hydrogen-bond acceptors (Lipinski definition) is 5. The Morgan fingerprint density at radius 3 is 1.55 bits per heavy atom. The van der Waals surface area contributed by atoms with E-state index in [9.17, 15) is 4.79 Å². The summed E-state index contributed by atoms with van der Waals surface area (Å²) in [6.45, 7) is 0. The van der Waals surface area contributed by atoms with E-state index in [0.717, 1.165) is 0 Å². The van der Waals surface area contributed by atoms with Crippen LogP contribution in [0, 0.1) is 0 Å². The molecular formula is C15H12Cl2O5. The second-order valence-electron chi connectivity index (χ2n) is 4.05. The van der Waals surface area contributed by atoms with Crippen LogP contribution in [0.5, 0.6) is 23.0 Å². The van der Waals surface area contributed by atoms with Crippen molar-refractivity contribution in [3.05, 3.63) is 46.4 Å². The van der Waals surface area contributed by atoms with Crippen LogP contribution in [-0.2, 0) is 0 Å². The number of rotatable bonds is 4. The Labute approximate surface area is 137 Å². The largest absolute Gasteiger partial charge is 0.519 e. The Bertz CT molecular complexity index is 630. The van der Waals surface area contributed by atoms with Crippen LogP contribution in [0.3, 0.4) is 0 Å². The summed E-state index contributed by atoms with van der Waals surface area (Å²) in [7, 11) is 3.01. The van der Waals surface area contributed by atoms with Crippen molar-refractivity contribution in [3.63, 3.8) is 0 Å². The number of hydrogen-bond donors (Lipinski definition) is 0. The van der Waals surface area contributed by atoms with E-state index in [1.807, 2.05) is 0 Å². The molecule has 0 unspecified atom stereocenters. The van der Waals surface area contributed by atoms with E-state index < -0.39 is 6.16 Å². The highest BCUT2D eigenvalue weighted by Crippen LogP contribution is 2.31. The molecule has 5 nitrogen and oxygen atoms in total. The zero-order valence-electron chi connectivity index (χ0n) is 11.8. The lowest BCUT2D eigenvalue weighted by molar-refractivity contribution is 0.152. The van der Waals surface area contributed by atoms with Gasteiger partial charge in [0.05, 0.1) is 24.3 Å². The van der Waals surface area contributed by atoms with E-state index in [0.29, 0.717) is 11.5 Å². The predicted octanol–water partition coefficient (Wildman–Crippen LogP) is 4.59. The quantitative estimate of drug-likeness (QED) is 0.600. The number of halogens is 2. The molecule has 0 spiro atoms. The molecule has 0 radical (unpaired) electrons. The SMILES string of the molecule is COc1ccc(OC(=O)Oc2ccc(OC)cc2Cl)c(Cl)c1. The van der Waals surface area contributed by atoms with Gasteiger partial charge in [0.15, 0.2) is 11.5 Å². The van der Waals surface area contributed by atoms with E-state index in [1.165, 1.54) is 38.5 Å². The zero-order valence-corrected chi connectivity index (χ0v) is 13.3. The van der Waals surface area contributed by atoms with Gasteiger partial charge in [-0.15, -0.1) is 0 Å². The smallest absolute Gasteiger partial charge is 0.497 e. The first kappa shape index (κ1) is 16.3. The maximum atomic E-state index is 11.8. The summed E-state index contributed by atoms with van der Waals surface area (Å²) in [6, 6.07) is 9.24. The van der Waals surface area contributed by atoms with Crippen molar-refractivity contribution in [1.29, 1.82) is 0 Å². The van der Waals surface area contributed by atoms with Gasteiger partial charge < -0.3 is 18.9 Å². The van der Waals surface area contributed by atoms with Crippen LogP contribution in [0.15, 0.2) is 36.4 Å². The van der Waals surface area contributed by atoms with E-state index in [1.54, 1.807) is 12.1 Å². The lowest BCUT2D eigenvalue weighted by Crippen LogP contribution is -2.14. The van der Waals surface area contributed by atoms with E-state index in [-0.39, 0.29) is 21.5 Å². The Hall–Kier alpha value is -2.11. The minimum atomic E-state index is -0.959. The van der Waals surface area contributed by atoms with Crippen molar-refractivity contribution in [2.75, 3.05) is 14.2 Å². The molecule has 0 N–H and O–H groups in total. The minimum absolute atomic E-state index is 0.150. The Morgan fingerprint density at radius 1 is 0.818 bits per heavy atom. The van der Waals surface area contributed by atoms with Crippen molar-refractivity contribution < 1.29 is 23.7 Å². The molecule has 0 aromatic heterocycles. The third-order valence-electron chi connectivity index (χ3n) is 2.66. The first-order valence-corrected chi connectivity index (χ1v) is 6.86. The normalized spacial score (nSPS) is 10.0. The van der Waals surface area contributed by atoms with Gasteiger partial charge in [0, 0.05) is 12.1 Å². The molecule has 2 aromatic rings. The van der Waals surface area contributed by atoms with E-state index in [4.69, 9.17) is 42.1 Å². The number of ether oxygens (including phenoxy) is 4. The maximum Gasteiger partial charge on any atom is 0.519 e. The second-order valence-corrected chi connectivity index (χ2v) is 4.86. The standard InChI is InChI=1S/C15H12Cl2O5/c1-19-9-3-5-13(11(16)7-9)21-15(18)22-14-6-4-10(20-2)8-12(14)17/h3-8H,1-2H3. The summed E-state index contributed by atoms with van der Waals surface area (Å²) >= 11 is 11.9. The Balaban J connectivity index is 2.07. The Kier molecular flexibility index (Phi) is 5.35. The summed E-state index contributed by atoms with van der Waals surface area (Å²) in [5, 5.41) is 0.439. The van der Waals surface area contributed by atoms with Crippen LogP contribution in [0.2, 0.25) is 10.0 Å². The number of methoxy groups -OCH3 is 2. The van der Waals surface area contributed by atoms with Gasteiger partial charge >= 0.3 is 6.16 Å². The molecule has 0 bridgehead atoms. The molecule has 0 saturated carbocycles. The first-order valence-electron chi connectivity index (χ1n) is 6.10. The highest BCUT2D eigenvalue weighted by atomic mass is 35.5. The molecule has 0 amide bonds. The lowest BCUT2D eigenvalue weighted by Gasteiger charge is -2.09. The molecule has 0 aliphatic heterocycles. The molecule has 0 saturated heterocycles. The molecule has 2 rings (SSSR count). The fourth-order valence-electron chi connectivity index (χ4n) is 1.58. The van der Waals surface area contributed by atoms with Crippen LogP contribution in [0.4, 0.5) is 4.79 Å². The highest BCUT2D eigenvalue weighted by molar-refractivity contribution is 6.32. The average molecular weight is 343 g/mol. The van der Waals surface area contributed by atoms with E-state index >= 15 is 0 Å². The first-order chi connectivity index (χ1) is 10.5. The number of carbonyl (C=O) groups excluding carboxylic acids is 1. The van der Waals surface area contributed by atoms with E-state index in [2.05, 4.69) is 0 Å². The van der Waals surface area contributed by atoms with Gasteiger partial charge in [-0.1, -0.05) is 23.2 Å². The van der Waals surface area contributed by atoms with Gasteiger partial charge in [0.1, 0.15) is 11.5 Å². The minimum Gasteiger partial charge on any atom is -0.497 e. The van der Waals surface area contributed by atoms with Gasteiger partial charge in [-0.25, -0.2) is 4.79 Å². The average Bonchev–Trinajstić information content (AvgIpc) is 2.51. The van der Waals surface area contributed by atoms with Gasteiger partial charge in [-0.05, 0) is 24.3 Å². The molecule has 0 atom stereocenters. The maximum absolute atomic E-state index is 11.8. The molecule has 0 fully saturated rings. The van der Waals surface area contributed by atoms with Crippen molar-refractivity contribution in [1.82, 2.24) is 0 Å². The van der Waals surface area contributed by atoms with Crippen LogP contribution in [-0.4, -0.2) is 20.4 Å². The van der Waals surface area contributed by atoms with Gasteiger partial charge in [-0.2, -0.15) is 0 Å². The predicted molar refractivity (Wildman–Crippen MR) is 82.7 cm³/mol. The fraction of sp³-hybridized carbons (Fsp3) is 0.133. The van der Waals surface area contributed by atoms with Crippen LogP contribution in [0.25, 0.3) is 0 Å². The fourth-order valence-corrected chi connectivity index (χ4v) is 2.00. The van der Waals surface area contributed by atoms with Crippen LogP contribution in [0.1, 0.15) is 0 Å². The van der Waals surface area contributed by atoms with Gasteiger partial charge in [0.25, 0.3) is 0 Å². The summed E-state index contributed by atoms with van der Waals surface area (Å²) in [4.78, 5) is 11.8. The molecular weight excluding hydrogens is 331 g/mol. The second kappa shape index (κ2) is 7.24. The van der Waals surface area contributed by atoms with Crippen molar-refractivity contribution in [3.8, 4) is 23.0 Å². The summed E-state index contributed by atoms with van der Waals surface area (Å²) < 4.78 is 20.0. The van der Waals surface area contributed by atoms with Gasteiger partial charge in [-0.3, -0.25) is 0 Å². The molecule has 7 heteroatoms.